The summed E-state index contributed by atoms with van der Waals surface area (Å²) in [5.74, 6) is 0. The van der Waals surface area contributed by atoms with E-state index in [1.807, 2.05) is 11.3 Å². The molecule has 0 bridgehead atoms. The zero-order chi connectivity index (χ0) is 36.5. The Kier molecular flexibility index (Phi) is 9.82. The fourth-order valence-electron chi connectivity index (χ4n) is 8.23. The van der Waals surface area contributed by atoms with Crippen molar-refractivity contribution in [2.75, 3.05) is 0 Å². The first kappa shape index (κ1) is 34.8. The van der Waals surface area contributed by atoms with E-state index in [1.54, 1.807) is 0 Å². The number of hydrogen-bond donors (Lipinski definition) is 0. The highest BCUT2D eigenvalue weighted by Gasteiger charge is 2.21. The Bertz CT molecular complexity index is 2530. The van der Waals surface area contributed by atoms with Crippen LogP contribution in [-0.4, -0.2) is 4.98 Å². The number of aryl methyl sites for hydroxylation is 2. The van der Waals surface area contributed by atoms with E-state index in [1.165, 1.54) is 93.7 Å². The predicted octanol–water partition coefficient (Wildman–Crippen LogP) is 14.5. The molecule has 0 fully saturated rings. The molecule has 7 aromatic rings. The van der Waals surface area contributed by atoms with Crippen molar-refractivity contribution in [3.05, 3.63) is 173 Å². The summed E-state index contributed by atoms with van der Waals surface area (Å²) in [6, 6.07) is 42.8. The van der Waals surface area contributed by atoms with E-state index >= 15 is 0 Å². The molecule has 8 rings (SSSR count). The summed E-state index contributed by atoms with van der Waals surface area (Å²) in [6.07, 6.45) is 10.7. The van der Waals surface area contributed by atoms with Crippen molar-refractivity contribution < 1.29 is 0 Å². The van der Waals surface area contributed by atoms with Gasteiger partial charge in [-0.2, -0.15) is 0 Å². The molecule has 0 aliphatic heterocycles. The second-order valence-corrected chi connectivity index (χ2v) is 15.7. The number of benzene rings is 6. The van der Waals surface area contributed by atoms with Crippen molar-refractivity contribution in [1.29, 1.82) is 0 Å². The number of thiazole rings is 1. The molecule has 1 nitrogen and oxygen atoms in total. The first-order chi connectivity index (χ1) is 25.9. The molecule has 53 heavy (non-hydrogen) atoms. The van der Waals surface area contributed by atoms with E-state index in [0.29, 0.717) is 0 Å². The smallest absolute Gasteiger partial charge is 0.124 e. The third-order valence-corrected chi connectivity index (χ3v) is 12.2. The van der Waals surface area contributed by atoms with Gasteiger partial charge in [0, 0.05) is 16.7 Å². The maximum absolute atomic E-state index is 5.58. The SMILES string of the molecule is C=C1CC/C=C\Cc2cc(-c3nc4c(-c5cccc(-c6ccccc6C)c5C)ccc(-c5cccc(-c6ccccc6C)c5CCC)c4s3)ccc2C1. The van der Waals surface area contributed by atoms with Gasteiger partial charge in [0.1, 0.15) is 5.01 Å². The molecule has 2 heteroatoms. The van der Waals surface area contributed by atoms with Gasteiger partial charge in [0.15, 0.2) is 0 Å². The second kappa shape index (κ2) is 15.0. The van der Waals surface area contributed by atoms with Crippen LogP contribution in [-0.2, 0) is 19.3 Å². The molecule has 1 aromatic heterocycles. The van der Waals surface area contributed by atoms with E-state index in [9.17, 15) is 0 Å². The van der Waals surface area contributed by atoms with Gasteiger partial charge < -0.3 is 0 Å². The summed E-state index contributed by atoms with van der Waals surface area (Å²) in [6.45, 7) is 13.4. The van der Waals surface area contributed by atoms with Gasteiger partial charge in [-0.1, -0.05) is 147 Å². The number of rotatable bonds is 7. The van der Waals surface area contributed by atoms with Crippen LogP contribution in [0.4, 0.5) is 0 Å². The highest BCUT2D eigenvalue weighted by Crippen LogP contribution is 2.46. The fraction of sp³-hybridized carbons (Fsp3) is 0.196. The monoisotopic (exact) mass is 705 g/mol. The third kappa shape index (κ3) is 6.73. The van der Waals surface area contributed by atoms with Crippen molar-refractivity contribution in [2.24, 2.45) is 0 Å². The standard InChI is InChI=1S/C51H47NS/c1-6-16-44-45(41-22-13-11-19-35(41)4)25-15-26-46(44)48-30-29-47(43-24-14-23-42(36(43)5)40-21-12-10-18-34(40)3)49-50(48)53-51(52-49)39-28-27-38-31-33(2)17-8-7-9-20-37(38)32-39/h7,9-15,18-19,21-30,32H,2,6,8,16-17,20,31H2,1,3-5H3/b9-7-. The molecule has 0 amide bonds. The molecular formula is C51H47NS. The topological polar surface area (TPSA) is 12.9 Å². The van der Waals surface area contributed by atoms with Gasteiger partial charge in [-0.25, -0.2) is 4.98 Å². The maximum atomic E-state index is 5.58. The Morgan fingerprint density at radius 2 is 1.25 bits per heavy atom. The van der Waals surface area contributed by atoms with Crippen LogP contribution in [0.15, 0.2) is 140 Å². The Labute approximate surface area is 319 Å². The summed E-state index contributed by atoms with van der Waals surface area (Å²) >= 11 is 1.84. The summed E-state index contributed by atoms with van der Waals surface area (Å²) < 4.78 is 1.24. The van der Waals surface area contributed by atoms with Gasteiger partial charge in [-0.15, -0.1) is 11.3 Å². The number of allylic oxidation sites excluding steroid dienone is 3. The van der Waals surface area contributed by atoms with Crippen molar-refractivity contribution in [3.8, 4) is 55.1 Å². The summed E-state index contributed by atoms with van der Waals surface area (Å²) in [7, 11) is 0. The lowest BCUT2D eigenvalue weighted by Crippen LogP contribution is -1.96. The van der Waals surface area contributed by atoms with Crippen LogP contribution in [0.5, 0.6) is 0 Å². The summed E-state index contributed by atoms with van der Waals surface area (Å²) in [5.41, 5.74) is 21.8. The maximum Gasteiger partial charge on any atom is 0.124 e. The Hall–Kier alpha value is -5.31. The largest absolute Gasteiger partial charge is 0.235 e. The molecular weight excluding hydrogens is 659 g/mol. The molecule has 1 heterocycles. The van der Waals surface area contributed by atoms with Crippen LogP contribution in [0, 0.1) is 20.8 Å². The van der Waals surface area contributed by atoms with Gasteiger partial charge >= 0.3 is 0 Å². The van der Waals surface area contributed by atoms with Gasteiger partial charge in [-0.3, -0.25) is 0 Å². The second-order valence-electron chi connectivity index (χ2n) is 14.7. The Morgan fingerprint density at radius 1 is 0.623 bits per heavy atom. The summed E-state index contributed by atoms with van der Waals surface area (Å²) in [4.78, 5) is 5.58. The van der Waals surface area contributed by atoms with Crippen LogP contribution in [0.1, 0.15) is 59.6 Å². The lowest BCUT2D eigenvalue weighted by atomic mass is 9.86. The zero-order valence-corrected chi connectivity index (χ0v) is 32.2. The Balaban J connectivity index is 1.36. The zero-order valence-electron chi connectivity index (χ0n) is 31.4. The molecule has 0 N–H and O–H groups in total. The average molecular weight is 706 g/mol. The van der Waals surface area contributed by atoms with Crippen LogP contribution in [0.25, 0.3) is 65.3 Å². The number of fused-ring (bicyclic) bond motifs is 2. The van der Waals surface area contributed by atoms with Gasteiger partial charge in [-0.05, 0) is 126 Å². The van der Waals surface area contributed by atoms with E-state index in [-0.39, 0.29) is 0 Å². The lowest BCUT2D eigenvalue weighted by molar-refractivity contribution is 0.925. The fourth-order valence-corrected chi connectivity index (χ4v) is 9.35. The molecule has 0 spiro atoms. The van der Waals surface area contributed by atoms with Gasteiger partial charge in [0.05, 0.1) is 10.2 Å². The molecule has 0 atom stereocenters. The summed E-state index contributed by atoms with van der Waals surface area (Å²) in [5, 5.41) is 1.07. The lowest BCUT2D eigenvalue weighted by Gasteiger charge is -2.18. The minimum Gasteiger partial charge on any atom is -0.235 e. The van der Waals surface area contributed by atoms with Crippen LogP contribution >= 0.6 is 11.3 Å². The minimum atomic E-state index is 0.939. The van der Waals surface area contributed by atoms with E-state index in [2.05, 4.69) is 162 Å². The van der Waals surface area contributed by atoms with Crippen molar-refractivity contribution in [2.45, 2.75) is 66.2 Å². The van der Waals surface area contributed by atoms with Crippen molar-refractivity contribution in [1.82, 2.24) is 4.98 Å². The van der Waals surface area contributed by atoms with Gasteiger partial charge in [0.25, 0.3) is 0 Å². The first-order valence-corrected chi connectivity index (χ1v) is 19.9. The quantitative estimate of drug-likeness (QED) is 0.150. The molecule has 6 aromatic carbocycles. The highest BCUT2D eigenvalue weighted by atomic mass is 32.1. The molecule has 0 unspecified atom stereocenters. The molecule has 0 saturated carbocycles. The molecule has 0 saturated heterocycles. The molecule has 1 aliphatic rings. The number of aromatic nitrogens is 1. The van der Waals surface area contributed by atoms with Crippen LogP contribution in [0.3, 0.4) is 0 Å². The third-order valence-electron chi connectivity index (χ3n) is 11.1. The Morgan fingerprint density at radius 3 is 1.96 bits per heavy atom. The predicted molar refractivity (Wildman–Crippen MR) is 230 cm³/mol. The first-order valence-electron chi connectivity index (χ1n) is 19.1. The van der Waals surface area contributed by atoms with Crippen molar-refractivity contribution >= 4 is 21.6 Å². The van der Waals surface area contributed by atoms with E-state index in [0.717, 1.165) is 49.0 Å². The van der Waals surface area contributed by atoms with Crippen LogP contribution in [0.2, 0.25) is 0 Å². The van der Waals surface area contributed by atoms with E-state index in [4.69, 9.17) is 4.98 Å². The normalized spacial score (nSPS) is 13.7. The molecule has 1 aliphatic carbocycles. The van der Waals surface area contributed by atoms with Gasteiger partial charge in [0.2, 0.25) is 0 Å². The number of nitrogens with zero attached hydrogens (tertiary/aromatic N) is 1. The van der Waals surface area contributed by atoms with Crippen molar-refractivity contribution in [3.63, 3.8) is 0 Å². The van der Waals surface area contributed by atoms with Crippen LogP contribution < -0.4 is 0 Å². The number of hydrogen-bond acceptors (Lipinski definition) is 2. The highest BCUT2D eigenvalue weighted by molar-refractivity contribution is 7.22. The van der Waals surface area contributed by atoms with E-state index < -0.39 is 0 Å². The average Bonchev–Trinajstić information content (AvgIpc) is 3.65. The molecule has 262 valence electrons. The minimum absolute atomic E-state index is 0.939. The molecule has 0 radical (unpaired) electrons.